The number of β-amino-alcohol motifs (C(OH)–C–C–N with tert-alkyl or cyclic N) is 1. The first-order valence-electron chi connectivity index (χ1n) is 9.90. The Morgan fingerprint density at radius 3 is 2.81 bits per heavy atom. The van der Waals surface area contributed by atoms with Gasteiger partial charge in [-0.1, -0.05) is 0 Å². The van der Waals surface area contributed by atoms with Crippen molar-refractivity contribution in [3.8, 4) is 22.9 Å². The number of aliphatic hydroxyl groups is 1. The Bertz CT molecular complexity index is 1320. The molecule has 0 saturated carbocycles. The summed E-state index contributed by atoms with van der Waals surface area (Å²) in [4.78, 5) is 27.1. The Morgan fingerprint density at radius 1 is 1.31 bits per heavy atom. The number of primary amides is 1. The maximum Gasteiger partial charge on any atom is 0.271 e. The van der Waals surface area contributed by atoms with Crippen LogP contribution >= 0.6 is 12.4 Å². The van der Waals surface area contributed by atoms with Gasteiger partial charge in [-0.15, -0.1) is 12.4 Å². The summed E-state index contributed by atoms with van der Waals surface area (Å²) in [5.41, 5.74) is 8.48. The van der Waals surface area contributed by atoms with Gasteiger partial charge in [0.05, 0.1) is 17.8 Å². The van der Waals surface area contributed by atoms with Crippen LogP contribution in [0.2, 0.25) is 0 Å². The van der Waals surface area contributed by atoms with Gasteiger partial charge in [-0.25, -0.2) is 15.0 Å². The molecule has 1 atom stereocenters. The molecule has 4 aromatic rings. The van der Waals surface area contributed by atoms with Gasteiger partial charge in [0.25, 0.3) is 5.91 Å². The molecule has 3 N–H and O–H groups in total. The Hall–Kier alpha value is -3.50. The van der Waals surface area contributed by atoms with Gasteiger partial charge in [-0.05, 0) is 31.5 Å². The average Bonchev–Trinajstić information content (AvgIpc) is 3.46. The first kappa shape index (κ1) is 21.7. The summed E-state index contributed by atoms with van der Waals surface area (Å²) in [6.07, 6.45) is 3.63. The first-order valence-corrected chi connectivity index (χ1v) is 9.90. The predicted octanol–water partition coefficient (Wildman–Crippen LogP) is 2.09. The lowest BCUT2D eigenvalue weighted by molar-refractivity contribution is 0.0996. The van der Waals surface area contributed by atoms with Crippen LogP contribution in [0.1, 0.15) is 22.7 Å². The van der Waals surface area contributed by atoms with E-state index in [-0.39, 0.29) is 29.8 Å². The van der Waals surface area contributed by atoms with Crippen LogP contribution in [0.15, 0.2) is 35.0 Å². The number of amides is 1. The molecule has 5 rings (SSSR count). The van der Waals surface area contributed by atoms with Gasteiger partial charge < -0.3 is 20.2 Å². The lowest BCUT2D eigenvalue weighted by Crippen LogP contribution is -2.22. The number of fused-ring (bicyclic) bond motifs is 1. The van der Waals surface area contributed by atoms with Crippen molar-refractivity contribution < 1.29 is 14.3 Å². The third kappa shape index (κ3) is 3.67. The van der Waals surface area contributed by atoms with E-state index in [1.54, 1.807) is 30.1 Å². The number of hydrogen-bond donors (Lipinski definition) is 2. The molecule has 4 heterocycles. The van der Waals surface area contributed by atoms with Crippen molar-refractivity contribution in [2.75, 3.05) is 18.0 Å². The number of nitrogens with zero attached hydrogens (tertiary/aromatic N) is 6. The van der Waals surface area contributed by atoms with Gasteiger partial charge in [0.2, 0.25) is 5.89 Å². The van der Waals surface area contributed by atoms with Gasteiger partial charge in [0, 0.05) is 43.0 Å². The van der Waals surface area contributed by atoms with E-state index in [4.69, 9.17) is 10.2 Å². The molecule has 1 fully saturated rings. The number of oxazole rings is 1. The fraction of sp³-hybridized carbons (Fsp3) is 0.286. The minimum Gasteiger partial charge on any atom is -0.434 e. The molecule has 0 radical (unpaired) electrons. The highest BCUT2D eigenvalue weighted by Crippen LogP contribution is 2.39. The zero-order valence-electron chi connectivity index (χ0n) is 17.5. The lowest BCUT2D eigenvalue weighted by Gasteiger charge is -2.21. The van der Waals surface area contributed by atoms with Crippen LogP contribution in [0.3, 0.4) is 0 Å². The van der Waals surface area contributed by atoms with Crippen molar-refractivity contribution in [2.24, 2.45) is 12.8 Å². The Labute approximate surface area is 189 Å². The molecule has 11 heteroatoms. The molecule has 1 saturated heterocycles. The summed E-state index contributed by atoms with van der Waals surface area (Å²) >= 11 is 0. The van der Waals surface area contributed by atoms with E-state index >= 15 is 0 Å². The minimum absolute atomic E-state index is 0. The van der Waals surface area contributed by atoms with Crippen LogP contribution in [0.5, 0.6) is 0 Å². The molecular formula is C21H22ClN7O3. The summed E-state index contributed by atoms with van der Waals surface area (Å²) in [5, 5.41) is 15.3. The summed E-state index contributed by atoms with van der Waals surface area (Å²) in [5.74, 6) is 0.305. The highest BCUT2D eigenvalue weighted by molar-refractivity contribution is 6.01. The normalized spacial score (nSPS) is 15.8. The second kappa shape index (κ2) is 8.21. The van der Waals surface area contributed by atoms with Crippen molar-refractivity contribution in [3.63, 3.8) is 0 Å². The number of aromatic nitrogens is 5. The Morgan fingerprint density at radius 2 is 2.12 bits per heavy atom. The molecule has 0 spiro atoms. The summed E-state index contributed by atoms with van der Waals surface area (Å²) in [6.45, 7) is 2.92. The number of halogens is 1. The zero-order valence-corrected chi connectivity index (χ0v) is 18.3. The number of rotatable bonds is 4. The van der Waals surface area contributed by atoms with E-state index in [1.165, 1.54) is 0 Å². The number of benzene rings is 1. The van der Waals surface area contributed by atoms with Gasteiger partial charge in [-0.2, -0.15) is 5.10 Å². The predicted molar refractivity (Wildman–Crippen MR) is 121 cm³/mol. The van der Waals surface area contributed by atoms with Crippen LogP contribution in [-0.4, -0.2) is 54.9 Å². The van der Waals surface area contributed by atoms with E-state index in [9.17, 15) is 9.90 Å². The van der Waals surface area contributed by atoms with Crippen LogP contribution in [0, 0.1) is 6.92 Å². The van der Waals surface area contributed by atoms with Gasteiger partial charge in [0.1, 0.15) is 11.5 Å². The van der Waals surface area contributed by atoms with Crippen molar-refractivity contribution in [2.45, 2.75) is 19.4 Å². The number of carbonyl (C=O) groups is 1. The maximum atomic E-state index is 12.3. The zero-order chi connectivity index (χ0) is 21.7. The second-order valence-electron chi connectivity index (χ2n) is 7.63. The number of carbonyl (C=O) groups excluding carboxylic acids is 1. The van der Waals surface area contributed by atoms with Crippen LogP contribution in [0.4, 0.5) is 5.69 Å². The van der Waals surface area contributed by atoms with Crippen molar-refractivity contribution in [1.29, 1.82) is 0 Å². The summed E-state index contributed by atoms with van der Waals surface area (Å²) < 4.78 is 7.82. The monoisotopic (exact) mass is 455 g/mol. The molecule has 166 valence electrons. The highest BCUT2D eigenvalue weighted by Gasteiger charge is 2.28. The van der Waals surface area contributed by atoms with E-state index in [2.05, 4.69) is 25.0 Å². The van der Waals surface area contributed by atoms with Gasteiger partial charge in [0.15, 0.2) is 11.5 Å². The van der Waals surface area contributed by atoms with E-state index in [0.717, 1.165) is 16.6 Å². The molecule has 1 aliphatic heterocycles. The molecule has 0 aliphatic carbocycles. The molecule has 10 nitrogen and oxygen atoms in total. The van der Waals surface area contributed by atoms with E-state index in [1.807, 2.05) is 19.2 Å². The molecule has 0 bridgehead atoms. The summed E-state index contributed by atoms with van der Waals surface area (Å²) in [6, 6.07) is 5.55. The average molecular weight is 456 g/mol. The fourth-order valence-electron chi connectivity index (χ4n) is 3.95. The van der Waals surface area contributed by atoms with Crippen molar-refractivity contribution >= 4 is 34.9 Å². The largest absolute Gasteiger partial charge is 0.434 e. The van der Waals surface area contributed by atoms with E-state index < -0.39 is 12.0 Å². The maximum absolute atomic E-state index is 12.3. The van der Waals surface area contributed by atoms with Crippen molar-refractivity contribution in [3.05, 3.63) is 42.1 Å². The first-order chi connectivity index (χ1) is 14.9. The number of aryl methyl sites for hydroxylation is 2. The molecule has 1 unspecified atom stereocenters. The molecule has 32 heavy (non-hydrogen) atoms. The Kier molecular flexibility index (Phi) is 5.57. The standard InChI is InChI=1S/C21H21N7O3.ClH/c1-11-23-5-3-15(25-11)21-26-18(20(22)30)19(31-21)14-8-16-12(9-24-27(16)2)7-17(14)28-6-4-13(29)10-28;/h3,5,7-9,13,29H,4,6,10H2,1-2H3,(H2,22,30);1H. The summed E-state index contributed by atoms with van der Waals surface area (Å²) in [7, 11) is 1.84. The van der Waals surface area contributed by atoms with Crippen LogP contribution < -0.4 is 10.6 Å². The van der Waals surface area contributed by atoms with Gasteiger partial charge >= 0.3 is 0 Å². The smallest absolute Gasteiger partial charge is 0.271 e. The molecule has 1 aromatic carbocycles. The number of anilines is 1. The second-order valence-corrected chi connectivity index (χ2v) is 7.63. The quantitative estimate of drug-likeness (QED) is 0.477. The number of aliphatic hydroxyl groups excluding tert-OH is 1. The van der Waals surface area contributed by atoms with Crippen molar-refractivity contribution in [1.82, 2.24) is 24.7 Å². The number of nitrogens with two attached hydrogens (primary N) is 1. The number of hydrogen-bond acceptors (Lipinski definition) is 8. The highest BCUT2D eigenvalue weighted by atomic mass is 35.5. The molecular weight excluding hydrogens is 434 g/mol. The fourth-order valence-corrected chi connectivity index (χ4v) is 3.95. The molecule has 3 aromatic heterocycles. The lowest BCUT2D eigenvalue weighted by atomic mass is 10.0. The molecule has 1 amide bonds. The van der Waals surface area contributed by atoms with E-state index in [0.29, 0.717) is 36.6 Å². The Balaban J connectivity index is 0.00000245. The topological polar surface area (TPSA) is 136 Å². The van der Waals surface area contributed by atoms with Crippen LogP contribution in [0.25, 0.3) is 33.8 Å². The third-order valence-corrected chi connectivity index (χ3v) is 5.47. The molecule has 1 aliphatic rings. The third-order valence-electron chi connectivity index (χ3n) is 5.47. The van der Waals surface area contributed by atoms with Crippen LogP contribution in [-0.2, 0) is 7.05 Å². The van der Waals surface area contributed by atoms with Gasteiger partial charge in [-0.3, -0.25) is 9.48 Å². The minimum atomic E-state index is -0.701. The SMILES string of the molecule is Cc1nccc(-c2nc(C(N)=O)c(-c3cc4c(cnn4C)cc3N3CCC(O)C3)o2)n1.Cl.